The zero-order chi connectivity index (χ0) is 19.8. The van der Waals surface area contributed by atoms with Crippen LogP contribution in [0.4, 0.5) is 4.39 Å². The van der Waals surface area contributed by atoms with E-state index in [1.807, 2.05) is 13.8 Å². The minimum absolute atomic E-state index is 0.0539. The van der Waals surface area contributed by atoms with Crippen molar-refractivity contribution < 1.29 is 9.18 Å². The number of nitrogens with zero attached hydrogens (tertiary/aromatic N) is 5. The number of aromatic nitrogens is 5. The molecule has 28 heavy (non-hydrogen) atoms. The maximum absolute atomic E-state index is 13.1. The van der Waals surface area contributed by atoms with Crippen LogP contribution in [0.25, 0.3) is 16.7 Å². The summed E-state index contributed by atoms with van der Waals surface area (Å²) in [5.74, 6) is -0.716. The number of carbonyl (C=O) groups excluding carboxylic acids is 1. The first-order valence-corrected chi connectivity index (χ1v) is 8.82. The van der Waals surface area contributed by atoms with Crippen LogP contribution in [0.1, 0.15) is 13.8 Å². The average molecular weight is 386 g/mol. The van der Waals surface area contributed by atoms with Gasteiger partial charge in [-0.3, -0.25) is 20.4 Å². The van der Waals surface area contributed by atoms with Crippen molar-refractivity contribution in [2.75, 3.05) is 0 Å². The van der Waals surface area contributed by atoms with Gasteiger partial charge in [0.15, 0.2) is 5.65 Å². The van der Waals surface area contributed by atoms with Gasteiger partial charge in [0, 0.05) is 12.1 Å². The Morgan fingerprint density at radius 2 is 1.89 bits per heavy atom. The molecule has 1 aliphatic rings. The molecule has 1 fully saturated rings. The predicted octanol–water partition coefficient (Wildman–Crippen LogP) is -0.514. The van der Waals surface area contributed by atoms with E-state index in [9.17, 15) is 14.0 Å². The van der Waals surface area contributed by atoms with E-state index in [-0.39, 0.29) is 47.4 Å². The minimum Gasteiger partial charge on any atom is -0.349 e. The summed E-state index contributed by atoms with van der Waals surface area (Å²) in [7, 11) is 0. The summed E-state index contributed by atoms with van der Waals surface area (Å²) in [4.78, 5) is 25.0. The molecule has 11 heteroatoms. The van der Waals surface area contributed by atoms with E-state index in [1.165, 1.54) is 35.1 Å². The van der Waals surface area contributed by atoms with Gasteiger partial charge in [0.25, 0.3) is 5.56 Å². The summed E-state index contributed by atoms with van der Waals surface area (Å²) >= 11 is 0. The van der Waals surface area contributed by atoms with Crippen molar-refractivity contribution in [1.82, 2.24) is 40.9 Å². The van der Waals surface area contributed by atoms with Gasteiger partial charge in [-0.1, -0.05) is 5.21 Å². The molecular weight excluding hydrogens is 367 g/mol. The maximum atomic E-state index is 13.1. The van der Waals surface area contributed by atoms with Crippen LogP contribution in [-0.2, 0) is 11.3 Å². The first-order valence-electron chi connectivity index (χ1n) is 8.82. The SMILES string of the molecule is CC1NNC(C)C1NC(=O)Cn1nnc2c(cnn2-c2ccc(F)cc2)c1=O. The highest BCUT2D eigenvalue weighted by molar-refractivity contribution is 5.77. The van der Waals surface area contributed by atoms with E-state index in [1.54, 1.807) is 0 Å². The number of fused-ring (bicyclic) bond motifs is 1. The number of amides is 1. The third-order valence-corrected chi connectivity index (χ3v) is 4.76. The molecule has 0 saturated carbocycles. The highest BCUT2D eigenvalue weighted by Gasteiger charge is 2.31. The fraction of sp³-hybridized carbons (Fsp3) is 0.353. The number of benzene rings is 1. The Morgan fingerprint density at radius 1 is 1.21 bits per heavy atom. The number of halogens is 1. The fourth-order valence-corrected chi connectivity index (χ4v) is 3.23. The normalized spacial score (nSPS) is 21.9. The lowest BCUT2D eigenvalue weighted by Crippen LogP contribution is -2.48. The molecule has 1 saturated heterocycles. The van der Waals surface area contributed by atoms with E-state index in [2.05, 4.69) is 31.6 Å². The number of hydrazine groups is 1. The topological polar surface area (TPSA) is 119 Å². The van der Waals surface area contributed by atoms with Gasteiger partial charge in [-0.2, -0.15) is 5.10 Å². The lowest BCUT2D eigenvalue weighted by atomic mass is 10.1. The first-order chi connectivity index (χ1) is 13.4. The Labute approximate surface area is 158 Å². The second-order valence-corrected chi connectivity index (χ2v) is 6.78. The predicted molar refractivity (Wildman–Crippen MR) is 98.0 cm³/mol. The Kier molecular flexibility index (Phi) is 4.61. The van der Waals surface area contributed by atoms with Gasteiger partial charge >= 0.3 is 0 Å². The second kappa shape index (κ2) is 7.09. The standard InChI is InChI=1S/C17H19FN8O2/c1-9-15(10(2)22-21-9)20-14(27)8-25-17(28)13-7-19-26(16(13)23-24-25)12-5-3-11(18)4-6-12/h3-7,9-10,15,21-22H,8H2,1-2H3,(H,20,27). The van der Waals surface area contributed by atoms with E-state index >= 15 is 0 Å². The minimum atomic E-state index is -0.475. The van der Waals surface area contributed by atoms with Gasteiger partial charge in [0.2, 0.25) is 5.91 Å². The van der Waals surface area contributed by atoms with Crippen molar-refractivity contribution >= 4 is 16.9 Å². The second-order valence-electron chi connectivity index (χ2n) is 6.78. The quantitative estimate of drug-likeness (QED) is 0.552. The molecule has 2 aromatic heterocycles. The Balaban J connectivity index is 1.58. The molecule has 1 aliphatic heterocycles. The van der Waals surface area contributed by atoms with Crippen molar-refractivity contribution in [2.24, 2.45) is 0 Å². The molecule has 1 aromatic carbocycles. The highest BCUT2D eigenvalue weighted by atomic mass is 19.1. The van der Waals surface area contributed by atoms with Gasteiger partial charge in [0.05, 0.1) is 17.9 Å². The van der Waals surface area contributed by atoms with Crippen LogP contribution >= 0.6 is 0 Å². The molecular formula is C17H19FN8O2. The molecule has 10 nitrogen and oxygen atoms in total. The Morgan fingerprint density at radius 3 is 2.57 bits per heavy atom. The zero-order valence-electron chi connectivity index (χ0n) is 15.3. The van der Waals surface area contributed by atoms with Crippen LogP contribution in [-0.4, -0.2) is 48.8 Å². The van der Waals surface area contributed by atoms with Gasteiger partial charge in [-0.25, -0.2) is 13.8 Å². The molecule has 1 amide bonds. The summed E-state index contributed by atoms with van der Waals surface area (Å²) in [5.41, 5.74) is 6.41. The molecule has 4 rings (SSSR count). The van der Waals surface area contributed by atoms with Crippen LogP contribution in [0.5, 0.6) is 0 Å². The van der Waals surface area contributed by atoms with E-state index in [4.69, 9.17) is 0 Å². The van der Waals surface area contributed by atoms with Gasteiger partial charge in [-0.05, 0) is 38.1 Å². The van der Waals surface area contributed by atoms with Crippen LogP contribution in [0.2, 0.25) is 0 Å². The maximum Gasteiger partial charge on any atom is 0.281 e. The molecule has 2 unspecified atom stereocenters. The molecule has 3 N–H and O–H groups in total. The third kappa shape index (κ3) is 3.25. The van der Waals surface area contributed by atoms with Crippen molar-refractivity contribution in [3.63, 3.8) is 0 Å². The molecule has 146 valence electrons. The number of nitrogens with one attached hydrogen (secondary N) is 3. The highest BCUT2D eigenvalue weighted by Crippen LogP contribution is 2.13. The fourth-order valence-electron chi connectivity index (χ4n) is 3.23. The largest absolute Gasteiger partial charge is 0.349 e. The molecule has 2 atom stereocenters. The summed E-state index contributed by atoms with van der Waals surface area (Å²) < 4.78 is 15.5. The summed E-state index contributed by atoms with van der Waals surface area (Å²) in [5, 5.41) is 15.1. The summed E-state index contributed by atoms with van der Waals surface area (Å²) in [6.07, 6.45) is 1.36. The van der Waals surface area contributed by atoms with Crippen LogP contribution in [0.15, 0.2) is 35.3 Å². The van der Waals surface area contributed by atoms with Crippen molar-refractivity contribution in [3.8, 4) is 5.69 Å². The van der Waals surface area contributed by atoms with Crippen molar-refractivity contribution in [3.05, 3.63) is 46.6 Å². The van der Waals surface area contributed by atoms with Crippen LogP contribution < -0.4 is 21.7 Å². The summed E-state index contributed by atoms with van der Waals surface area (Å²) in [6, 6.07) is 5.62. The third-order valence-electron chi connectivity index (χ3n) is 4.76. The lowest BCUT2D eigenvalue weighted by Gasteiger charge is -2.19. The number of hydrogen-bond donors (Lipinski definition) is 3. The molecule has 0 spiro atoms. The number of carbonyl (C=O) groups is 1. The smallest absolute Gasteiger partial charge is 0.281 e. The van der Waals surface area contributed by atoms with E-state index in [0.29, 0.717) is 5.69 Å². The molecule has 3 aromatic rings. The zero-order valence-corrected chi connectivity index (χ0v) is 15.3. The first kappa shape index (κ1) is 18.2. The van der Waals surface area contributed by atoms with E-state index < -0.39 is 5.56 Å². The number of hydrogen-bond acceptors (Lipinski definition) is 7. The van der Waals surface area contributed by atoms with E-state index in [0.717, 1.165) is 4.68 Å². The van der Waals surface area contributed by atoms with Crippen molar-refractivity contribution in [2.45, 2.75) is 38.5 Å². The number of rotatable bonds is 4. The van der Waals surface area contributed by atoms with Gasteiger partial charge in [0.1, 0.15) is 17.7 Å². The van der Waals surface area contributed by atoms with Gasteiger partial charge in [-0.15, -0.1) is 5.10 Å². The molecule has 0 aliphatic carbocycles. The molecule has 0 radical (unpaired) electrons. The Bertz CT molecular complexity index is 1070. The van der Waals surface area contributed by atoms with Crippen LogP contribution in [0.3, 0.4) is 0 Å². The Hall–Kier alpha value is -3.18. The lowest BCUT2D eigenvalue weighted by molar-refractivity contribution is -0.122. The summed E-state index contributed by atoms with van der Waals surface area (Å²) in [6.45, 7) is 3.64. The van der Waals surface area contributed by atoms with Crippen molar-refractivity contribution in [1.29, 1.82) is 0 Å². The van der Waals surface area contributed by atoms with Gasteiger partial charge < -0.3 is 5.32 Å². The monoisotopic (exact) mass is 386 g/mol. The molecule has 3 heterocycles. The molecule has 0 bridgehead atoms. The average Bonchev–Trinajstić information content (AvgIpc) is 3.24. The van der Waals surface area contributed by atoms with Crippen LogP contribution in [0, 0.1) is 5.82 Å².